The average molecular weight is 429 g/mol. The molecule has 1 fully saturated rings. The molecule has 1 aromatic carbocycles. The van der Waals surface area contributed by atoms with E-state index in [-0.39, 0.29) is 24.0 Å². The van der Waals surface area contributed by atoms with Crippen molar-refractivity contribution < 1.29 is 22.7 Å². The van der Waals surface area contributed by atoms with Crippen LogP contribution < -0.4 is 5.32 Å². The van der Waals surface area contributed by atoms with Gasteiger partial charge in [0.2, 0.25) is 15.9 Å². The number of benzene rings is 1. The summed E-state index contributed by atoms with van der Waals surface area (Å²) in [6.07, 6.45) is 3.17. The van der Waals surface area contributed by atoms with Gasteiger partial charge >= 0.3 is 5.97 Å². The highest BCUT2D eigenvalue weighted by Gasteiger charge is 2.36. The van der Waals surface area contributed by atoms with Crippen LogP contribution in [0.3, 0.4) is 0 Å². The summed E-state index contributed by atoms with van der Waals surface area (Å²) in [5, 5.41) is 3.18. The monoisotopic (exact) mass is 428 g/mol. The summed E-state index contributed by atoms with van der Waals surface area (Å²) in [4.78, 5) is 24.3. The third kappa shape index (κ3) is 5.80. The first-order valence-corrected chi connectivity index (χ1v) is 11.0. The Balaban J connectivity index is 2.41. The summed E-state index contributed by atoms with van der Waals surface area (Å²) >= 11 is 5.87. The molecule has 1 heterocycles. The summed E-state index contributed by atoms with van der Waals surface area (Å²) in [5.41, 5.74) is 0.480. The zero-order chi connectivity index (χ0) is 20.7. The smallest absolute Gasteiger partial charge is 0.330 e. The summed E-state index contributed by atoms with van der Waals surface area (Å²) in [6.45, 7) is 3.97. The number of hydrogen-bond donors (Lipinski definition) is 1. The minimum atomic E-state index is -3.99. The molecule has 0 spiro atoms. The van der Waals surface area contributed by atoms with E-state index in [4.69, 9.17) is 16.3 Å². The fourth-order valence-corrected chi connectivity index (χ4v) is 4.77. The normalized spacial score (nSPS) is 18.5. The molecule has 9 heteroatoms. The van der Waals surface area contributed by atoms with Crippen molar-refractivity contribution in [2.24, 2.45) is 0 Å². The topological polar surface area (TPSA) is 92.8 Å². The fourth-order valence-electron chi connectivity index (χ4n) is 2.98. The highest BCUT2D eigenvalue weighted by Crippen LogP contribution is 2.24. The largest absolute Gasteiger partial charge is 0.463 e. The maximum atomic E-state index is 13.3. The molecule has 1 aliphatic rings. The molecule has 1 amide bonds. The van der Waals surface area contributed by atoms with Gasteiger partial charge in [-0.15, -0.1) is 0 Å². The quantitative estimate of drug-likeness (QED) is 0.532. The van der Waals surface area contributed by atoms with E-state index in [1.54, 1.807) is 13.8 Å². The van der Waals surface area contributed by atoms with Crippen LogP contribution in [0.1, 0.15) is 33.1 Å². The summed E-state index contributed by atoms with van der Waals surface area (Å²) < 4.78 is 32.7. The van der Waals surface area contributed by atoms with Gasteiger partial charge in [0.1, 0.15) is 6.04 Å². The van der Waals surface area contributed by atoms with Crippen molar-refractivity contribution in [2.45, 2.75) is 44.0 Å². The third-order valence-corrected chi connectivity index (χ3v) is 6.45. The minimum Gasteiger partial charge on any atom is -0.463 e. The minimum absolute atomic E-state index is 0.0397. The molecule has 1 atom stereocenters. The van der Waals surface area contributed by atoms with Crippen molar-refractivity contribution in [3.63, 3.8) is 0 Å². The van der Waals surface area contributed by atoms with E-state index in [9.17, 15) is 18.0 Å². The number of esters is 1. The first-order chi connectivity index (χ1) is 13.3. The number of nitrogens with one attached hydrogen (secondary N) is 1. The van der Waals surface area contributed by atoms with Gasteiger partial charge in [0.05, 0.1) is 11.5 Å². The SMILES string of the molecule is CCOC(=O)C=C(C)CN(C1CCCCNC1=O)S(=O)(=O)c1ccc(Cl)cc1. The van der Waals surface area contributed by atoms with Crippen LogP contribution in [0, 0.1) is 0 Å². The number of carbonyl (C=O) groups excluding carboxylic acids is 2. The first-order valence-electron chi connectivity index (χ1n) is 9.14. The molecule has 1 saturated heterocycles. The maximum Gasteiger partial charge on any atom is 0.330 e. The molecule has 1 unspecified atom stereocenters. The Morgan fingerprint density at radius 1 is 1.32 bits per heavy atom. The number of carbonyl (C=O) groups is 2. The van der Waals surface area contributed by atoms with Crippen molar-refractivity contribution >= 4 is 33.5 Å². The third-order valence-electron chi connectivity index (χ3n) is 4.33. The second kappa shape index (κ2) is 10.0. The zero-order valence-electron chi connectivity index (χ0n) is 16.0. The van der Waals surface area contributed by atoms with Crippen molar-refractivity contribution in [1.82, 2.24) is 9.62 Å². The van der Waals surface area contributed by atoms with E-state index in [2.05, 4.69) is 5.32 Å². The zero-order valence-corrected chi connectivity index (χ0v) is 17.6. The van der Waals surface area contributed by atoms with Crippen molar-refractivity contribution in [3.05, 3.63) is 40.9 Å². The molecule has 0 aliphatic carbocycles. The summed E-state index contributed by atoms with van der Waals surface area (Å²) in [7, 11) is -3.99. The Morgan fingerprint density at radius 3 is 2.64 bits per heavy atom. The van der Waals surface area contributed by atoms with Gasteiger partial charge in [0, 0.05) is 24.2 Å². The van der Waals surface area contributed by atoms with Crippen LogP contribution in [0.5, 0.6) is 0 Å². The van der Waals surface area contributed by atoms with Gasteiger partial charge in [0.15, 0.2) is 0 Å². The number of amides is 1. The van der Waals surface area contributed by atoms with Crippen LogP contribution in [0.25, 0.3) is 0 Å². The lowest BCUT2D eigenvalue weighted by atomic mass is 10.1. The first kappa shape index (κ1) is 22.4. The molecule has 154 valence electrons. The number of sulfonamides is 1. The Bertz CT molecular complexity index is 836. The summed E-state index contributed by atoms with van der Waals surface area (Å²) in [6, 6.07) is 4.93. The fraction of sp³-hybridized carbons (Fsp3) is 0.474. The number of rotatable bonds is 7. The number of halogens is 1. The average Bonchev–Trinajstić information content (AvgIpc) is 2.84. The van der Waals surface area contributed by atoms with Gasteiger partial charge < -0.3 is 10.1 Å². The van der Waals surface area contributed by atoms with Gasteiger partial charge in [-0.3, -0.25) is 4.79 Å². The van der Waals surface area contributed by atoms with E-state index in [1.165, 1.54) is 30.3 Å². The highest BCUT2D eigenvalue weighted by atomic mass is 35.5. The highest BCUT2D eigenvalue weighted by molar-refractivity contribution is 7.89. The van der Waals surface area contributed by atoms with Crippen LogP contribution in [-0.2, 0) is 24.3 Å². The molecule has 28 heavy (non-hydrogen) atoms. The van der Waals surface area contributed by atoms with E-state index in [0.717, 1.165) is 17.1 Å². The van der Waals surface area contributed by atoms with Crippen LogP contribution in [0.4, 0.5) is 0 Å². The molecule has 1 aromatic rings. The van der Waals surface area contributed by atoms with Crippen molar-refractivity contribution in [2.75, 3.05) is 19.7 Å². The standard InChI is InChI=1S/C19H25ClN2O5S/c1-3-27-18(23)12-14(2)13-22(17-6-4-5-11-21-19(17)24)28(25,26)16-9-7-15(20)8-10-16/h7-10,12,17H,3-6,11,13H2,1-2H3,(H,21,24). The lowest BCUT2D eigenvalue weighted by Crippen LogP contribution is -2.49. The van der Waals surface area contributed by atoms with E-state index in [0.29, 0.717) is 23.6 Å². The molecule has 0 saturated carbocycles. The second-order valence-electron chi connectivity index (χ2n) is 6.55. The molecular formula is C19H25ClN2O5S. The summed E-state index contributed by atoms with van der Waals surface area (Å²) in [5.74, 6) is -0.881. The Labute approximate surface area is 170 Å². The van der Waals surface area contributed by atoms with Gasteiger partial charge in [-0.2, -0.15) is 4.31 Å². The second-order valence-corrected chi connectivity index (χ2v) is 8.88. The number of hydrogen-bond acceptors (Lipinski definition) is 5. The Hall–Kier alpha value is -1.90. The molecule has 2 rings (SSSR count). The number of nitrogens with zero attached hydrogens (tertiary/aromatic N) is 1. The van der Waals surface area contributed by atoms with E-state index >= 15 is 0 Å². The maximum absolute atomic E-state index is 13.3. The van der Waals surface area contributed by atoms with Crippen LogP contribution in [-0.4, -0.2) is 50.3 Å². The van der Waals surface area contributed by atoms with Gasteiger partial charge in [-0.25, -0.2) is 13.2 Å². The molecular weight excluding hydrogens is 404 g/mol. The van der Waals surface area contributed by atoms with Crippen molar-refractivity contribution in [3.8, 4) is 0 Å². The molecule has 0 radical (unpaired) electrons. The molecule has 7 nitrogen and oxygen atoms in total. The number of ether oxygens (including phenoxy) is 1. The van der Waals surface area contributed by atoms with Crippen molar-refractivity contribution in [1.29, 1.82) is 0 Å². The lowest BCUT2D eigenvalue weighted by molar-refractivity contribution is -0.137. The van der Waals surface area contributed by atoms with E-state index in [1.807, 2.05) is 0 Å². The Kier molecular flexibility index (Phi) is 8.03. The Morgan fingerprint density at radius 2 is 2.00 bits per heavy atom. The van der Waals surface area contributed by atoms with Gasteiger partial charge in [-0.1, -0.05) is 17.2 Å². The predicted octanol–water partition coefficient (Wildman–Crippen LogP) is 2.51. The lowest BCUT2D eigenvalue weighted by Gasteiger charge is -2.29. The molecule has 0 aromatic heterocycles. The molecule has 0 bridgehead atoms. The van der Waals surface area contributed by atoms with E-state index < -0.39 is 22.0 Å². The van der Waals surface area contributed by atoms with Crippen LogP contribution >= 0.6 is 11.6 Å². The molecule has 1 N–H and O–H groups in total. The molecule has 1 aliphatic heterocycles. The van der Waals surface area contributed by atoms with Crippen LogP contribution in [0.15, 0.2) is 40.8 Å². The van der Waals surface area contributed by atoms with Gasteiger partial charge in [-0.05, 0) is 57.4 Å². The predicted molar refractivity (Wildman–Crippen MR) is 106 cm³/mol. The van der Waals surface area contributed by atoms with Crippen LogP contribution in [0.2, 0.25) is 5.02 Å². The van der Waals surface area contributed by atoms with Gasteiger partial charge in [0.25, 0.3) is 0 Å².